The number of Topliss-reactive ketones (excluding diaryl/α,β-unsaturated/α-hetero) is 1. The van der Waals surface area contributed by atoms with Crippen LogP contribution in [0.2, 0.25) is 0 Å². The summed E-state index contributed by atoms with van der Waals surface area (Å²) in [5.74, 6) is 0.599. The first-order valence-electron chi connectivity index (χ1n) is 9.45. The van der Waals surface area contributed by atoms with Gasteiger partial charge in [-0.05, 0) is 55.8 Å². The van der Waals surface area contributed by atoms with E-state index in [1.54, 1.807) is 62.6 Å². The maximum atomic E-state index is 12.9. The minimum absolute atomic E-state index is 0.0555. The van der Waals surface area contributed by atoms with Crippen molar-refractivity contribution in [2.24, 2.45) is 0 Å². The lowest BCUT2D eigenvalue weighted by Gasteiger charge is -2.23. The molecule has 0 aromatic heterocycles. The maximum absolute atomic E-state index is 12.9. The van der Waals surface area contributed by atoms with Gasteiger partial charge >= 0.3 is 6.03 Å². The minimum atomic E-state index is -1.23. The zero-order valence-corrected chi connectivity index (χ0v) is 17.0. The number of carbonyl (C=O) groups excluding carboxylic acids is 3. The smallest absolute Gasteiger partial charge is 0.325 e. The minimum Gasteiger partial charge on any atom is -0.497 e. The summed E-state index contributed by atoms with van der Waals surface area (Å²) in [5, 5.41) is 13.0. The third-order valence-corrected chi connectivity index (χ3v) is 5.04. The van der Waals surface area contributed by atoms with Gasteiger partial charge in [0.2, 0.25) is 0 Å². The Morgan fingerprint density at radius 2 is 1.70 bits per heavy atom. The first kappa shape index (κ1) is 21.3. The number of ketones is 1. The van der Waals surface area contributed by atoms with Crippen molar-refractivity contribution in [3.8, 4) is 11.5 Å². The van der Waals surface area contributed by atoms with Crippen LogP contribution in [-0.4, -0.2) is 54.1 Å². The molecule has 8 nitrogen and oxygen atoms in total. The molecule has 1 aliphatic rings. The fraction of sp³-hybridized carbons (Fsp3) is 0.318. The molecule has 0 bridgehead atoms. The van der Waals surface area contributed by atoms with Gasteiger partial charge in [-0.3, -0.25) is 14.5 Å². The zero-order chi connectivity index (χ0) is 21.9. The largest absolute Gasteiger partial charge is 0.497 e. The molecule has 30 heavy (non-hydrogen) atoms. The van der Waals surface area contributed by atoms with Crippen LogP contribution in [0.15, 0.2) is 48.5 Å². The SMILES string of the molecule is COc1ccc([C@@]2(C)NC(=O)N(C[C@H](O)COc3ccc(C(C)=O)cc3)C2=O)cc1. The second-order valence-electron chi connectivity index (χ2n) is 7.24. The van der Waals surface area contributed by atoms with E-state index in [4.69, 9.17) is 9.47 Å². The highest BCUT2D eigenvalue weighted by Gasteiger charge is 2.49. The van der Waals surface area contributed by atoms with Gasteiger partial charge in [-0.15, -0.1) is 0 Å². The van der Waals surface area contributed by atoms with Gasteiger partial charge in [-0.1, -0.05) is 12.1 Å². The number of carbonyl (C=O) groups is 3. The van der Waals surface area contributed by atoms with E-state index in [1.807, 2.05) is 0 Å². The molecule has 2 N–H and O–H groups in total. The van der Waals surface area contributed by atoms with Gasteiger partial charge in [0.15, 0.2) is 5.78 Å². The van der Waals surface area contributed by atoms with Crippen LogP contribution in [0.4, 0.5) is 4.79 Å². The fourth-order valence-electron chi connectivity index (χ4n) is 3.22. The van der Waals surface area contributed by atoms with Gasteiger partial charge < -0.3 is 19.9 Å². The first-order chi connectivity index (χ1) is 14.2. The van der Waals surface area contributed by atoms with Crippen LogP contribution in [0, 0.1) is 0 Å². The second-order valence-corrected chi connectivity index (χ2v) is 7.24. The number of nitrogens with zero attached hydrogens (tertiary/aromatic N) is 1. The molecule has 1 aliphatic heterocycles. The van der Waals surface area contributed by atoms with E-state index in [2.05, 4.69) is 5.32 Å². The summed E-state index contributed by atoms with van der Waals surface area (Å²) in [5.41, 5.74) is -0.0626. The Morgan fingerprint density at radius 3 is 2.27 bits per heavy atom. The number of hydrogen-bond donors (Lipinski definition) is 2. The maximum Gasteiger partial charge on any atom is 0.325 e. The average Bonchev–Trinajstić information content (AvgIpc) is 2.96. The Kier molecular flexibility index (Phi) is 6.07. The Balaban J connectivity index is 1.62. The number of hydrogen-bond acceptors (Lipinski definition) is 6. The van der Waals surface area contributed by atoms with Crippen molar-refractivity contribution in [1.82, 2.24) is 10.2 Å². The lowest BCUT2D eigenvalue weighted by Crippen LogP contribution is -2.42. The lowest BCUT2D eigenvalue weighted by molar-refractivity contribution is -0.132. The van der Waals surface area contributed by atoms with Gasteiger partial charge in [0.05, 0.1) is 13.7 Å². The standard InChI is InChI=1S/C22H24N2O6/c1-14(25)15-4-8-19(9-5-15)30-13-17(26)12-24-20(27)22(2,23-21(24)28)16-6-10-18(29-3)11-7-16/h4-11,17,26H,12-13H2,1-3H3,(H,23,28)/t17-,22+/m0/s1. The van der Waals surface area contributed by atoms with Crippen molar-refractivity contribution >= 4 is 17.7 Å². The number of amides is 3. The summed E-state index contributed by atoms with van der Waals surface area (Å²) >= 11 is 0. The van der Waals surface area contributed by atoms with E-state index in [1.165, 1.54) is 6.92 Å². The third-order valence-electron chi connectivity index (χ3n) is 5.04. The van der Waals surface area contributed by atoms with Crippen molar-refractivity contribution in [3.63, 3.8) is 0 Å². The van der Waals surface area contributed by atoms with E-state index in [9.17, 15) is 19.5 Å². The van der Waals surface area contributed by atoms with Crippen molar-refractivity contribution in [1.29, 1.82) is 0 Å². The summed E-state index contributed by atoms with van der Waals surface area (Å²) in [7, 11) is 1.54. The lowest BCUT2D eigenvalue weighted by atomic mass is 9.92. The normalized spacial score (nSPS) is 19.4. The van der Waals surface area contributed by atoms with Crippen molar-refractivity contribution < 1.29 is 29.0 Å². The fourth-order valence-corrected chi connectivity index (χ4v) is 3.22. The Hall–Kier alpha value is -3.39. The summed E-state index contributed by atoms with van der Waals surface area (Å²) in [6.45, 7) is 2.77. The summed E-state index contributed by atoms with van der Waals surface area (Å²) in [4.78, 5) is 37.6. The molecule has 158 valence electrons. The number of ether oxygens (including phenoxy) is 2. The number of aliphatic hydroxyl groups is 1. The molecule has 3 amide bonds. The number of methoxy groups -OCH3 is 1. The van der Waals surface area contributed by atoms with E-state index in [0.717, 1.165) is 4.90 Å². The van der Waals surface area contributed by atoms with Crippen molar-refractivity contribution in [2.45, 2.75) is 25.5 Å². The Bertz CT molecular complexity index is 941. The van der Waals surface area contributed by atoms with Crippen LogP contribution < -0.4 is 14.8 Å². The average molecular weight is 412 g/mol. The molecule has 3 rings (SSSR count). The highest BCUT2D eigenvalue weighted by molar-refractivity contribution is 6.07. The van der Waals surface area contributed by atoms with Crippen LogP contribution >= 0.6 is 0 Å². The van der Waals surface area contributed by atoms with Gasteiger partial charge in [0.1, 0.15) is 29.7 Å². The monoisotopic (exact) mass is 412 g/mol. The molecule has 1 saturated heterocycles. The number of rotatable bonds is 8. The molecule has 1 heterocycles. The van der Waals surface area contributed by atoms with Gasteiger partial charge in [0.25, 0.3) is 5.91 Å². The molecule has 8 heteroatoms. The number of aliphatic hydroxyl groups excluding tert-OH is 1. The molecule has 2 atom stereocenters. The van der Waals surface area contributed by atoms with Crippen LogP contribution in [0.1, 0.15) is 29.8 Å². The van der Waals surface area contributed by atoms with E-state index < -0.39 is 23.6 Å². The third kappa shape index (κ3) is 4.28. The molecule has 0 unspecified atom stereocenters. The predicted molar refractivity (Wildman–Crippen MR) is 109 cm³/mol. The number of benzene rings is 2. The van der Waals surface area contributed by atoms with Crippen LogP contribution in [0.3, 0.4) is 0 Å². The van der Waals surface area contributed by atoms with Gasteiger partial charge in [-0.25, -0.2) is 4.79 Å². The van der Waals surface area contributed by atoms with E-state index >= 15 is 0 Å². The Morgan fingerprint density at radius 1 is 1.10 bits per heavy atom. The molecule has 0 saturated carbocycles. The van der Waals surface area contributed by atoms with Gasteiger partial charge in [0, 0.05) is 5.56 Å². The number of β-amino-alcohol motifs (C(OH)–C–C–N with tert-alkyl or cyclic N) is 1. The number of urea groups is 1. The summed E-state index contributed by atoms with van der Waals surface area (Å²) in [6.07, 6.45) is -1.08. The van der Waals surface area contributed by atoms with Crippen molar-refractivity contribution in [3.05, 3.63) is 59.7 Å². The van der Waals surface area contributed by atoms with E-state index in [0.29, 0.717) is 22.6 Å². The molecule has 2 aromatic carbocycles. The highest BCUT2D eigenvalue weighted by atomic mass is 16.5. The first-order valence-corrected chi connectivity index (χ1v) is 9.45. The molecule has 0 aliphatic carbocycles. The molecular formula is C22H24N2O6. The summed E-state index contributed by atoms with van der Waals surface area (Å²) < 4.78 is 10.6. The molecule has 0 radical (unpaired) electrons. The quantitative estimate of drug-likeness (QED) is 0.508. The molecular weight excluding hydrogens is 388 g/mol. The summed E-state index contributed by atoms with van der Waals surface area (Å²) in [6, 6.07) is 12.8. The predicted octanol–water partition coefficient (Wildman–Crippen LogP) is 2.10. The van der Waals surface area contributed by atoms with Crippen molar-refractivity contribution in [2.75, 3.05) is 20.3 Å². The van der Waals surface area contributed by atoms with Crippen LogP contribution in [-0.2, 0) is 10.3 Å². The molecule has 0 spiro atoms. The highest BCUT2D eigenvalue weighted by Crippen LogP contribution is 2.30. The van der Waals surface area contributed by atoms with Gasteiger partial charge in [-0.2, -0.15) is 0 Å². The van der Waals surface area contributed by atoms with Crippen LogP contribution in [0.25, 0.3) is 0 Å². The number of imide groups is 1. The molecule has 1 fully saturated rings. The topological polar surface area (TPSA) is 105 Å². The second kappa shape index (κ2) is 8.54. The van der Waals surface area contributed by atoms with Crippen LogP contribution in [0.5, 0.6) is 11.5 Å². The Labute approximate surface area is 174 Å². The number of nitrogens with one attached hydrogen (secondary N) is 1. The van der Waals surface area contributed by atoms with E-state index in [-0.39, 0.29) is 18.9 Å². The zero-order valence-electron chi connectivity index (χ0n) is 17.0. The molecule has 2 aromatic rings.